The van der Waals surface area contributed by atoms with Gasteiger partial charge in [0.25, 0.3) is 0 Å². The number of aromatic nitrogens is 4. The van der Waals surface area contributed by atoms with Gasteiger partial charge in [0, 0.05) is 50.3 Å². The molecule has 1 saturated heterocycles. The molecule has 1 aliphatic rings. The zero-order valence-electron chi connectivity index (χ0n) is 15.6. The van der Waals surface area contributed by atoms with E-state index in [0.29, 0.717) is 0 Å². The van der Waals surface area contributed by atoms with E-state index in [-0.39, 0.29) is 0 Å². The van der Waals surface area contributed by atoms with Gasteiger partial charge in [0.2, 0.25) is 0 Å². The predicted octanol–water partition coefficient (Wildman–Crippen LogP) is 2.91. The molecule has 0 atom stereocenters. The molecule has 4 rings (SSSR count). The fraction of sp³-hybridized carbons (Fsp3) is 0.350. The van der Waals surface area contributed by atoms with E-state index in [1.165, 1.54) is 16.8 Å². The van der Waals surface area contributed by atoms with E-state index in [9.17, 15) is 0 Å². The summed E-state index contributed by atoms with van der Waals surface area (Å²) < 4.78 is 1.98. The van der Waals surface area contributed by atoms with Crippen molar-refractivity contribution in [2.24, 2.45) is 0 Å². The molecule has 0 spiro atoms. The summed E-state index contributed by atoms with van der Waals surface area (Å²) >= 11 is 0. The van der Waals surface area contributed by atoms with Gasteiger partial charge in [-0.3, -0.25) is 4.57 Å². The van der Waals surface area contributed by atoms with Crippen molar-refractivity contribution >= 4 is 11.5 Å². The molecule has 2 aromatic heterocycles. The van der Waals surface area contributed by atoms with Crippen LogP contribution in [0.2, 0.25) is 0 Å². The number of aryl methyl sites for hydroxylation is 2. The van der Waals surface area contributed by atoms with Crippen molar-refractivity contribution in [2.75, 3.05) is 36.0 Å². The van der Waals surface area contributed by atoms with Gasteiger partial charge in [-0.15, -0.1) is 0 Å². The number of benzene rings is 1. The van der Waals surface area contributed by atoms with Gasteiger partial charge in [-0.25, -0.2) is 15.0 Å². The topological polar surface area (TPSA) is 50.1 Å². The highest BCUT2D eigenvalue weighted by Crippen LogP contribution is 2.25. The summed E-state index contributed by atoms with van der Waals surface area (Å²) in [6.45, 7) is 10.3. The Bertz CT molecular complexity index is 908. The fourth-order valence-corrected chi connectivity index (χ4v) is 3.52. The van der Waals surface area contributed by atoms with Crippen LogP contribution in [0.1, 0.15) is 17.0 Å². The molecule has 0 radical (unpaired) electrons. The Kier molecular flexibility index (Phi) is 4.32. The van der Waals surface area contributed by atoms with Crippen molar-refractivity contribution in [3.8, 4) is 5.82 Å². The summed E-state index contributed by atoms with van der Waals surface area (Å²) in [7, 11) is 0. The molecule has 6 heteroatoms. The Balaban J connectivity index is 1.50. The fourth-order valence-electron chi connectivity index (χ4n) is 3.52. The lowest BCUT2D eigenvalue weighted by Gasteiger charge is -2.37. The van der Waals surface area contributed by atoms with Gasteiger partial charge in [0.05, 0.1) is 0 Å². The van der Waals surface area contributed by atoms with Gasteiger partial charge in [0.1, 0.15) is 23.8 Å². The van der Waals surface area contributed by atoms with Crippen molar-refractivity contribution < 1.29 is 0 Å². The third kappa shape index (κ3) is 3.03. The van der Waals surface area contributed by atoms with Crippen LogP contribution in [0.25, 0.3) is 5.82 Å². The summed E-state index contributed by atoms with van der Waals surface area (Å²) in [5, 5.41) is 0. The molecule has 0 amide bonds. The lowest BCUT2D eigenvalue weighted by Crippen LogP contribution is -2.47. The maximum absolute atomic E-state index is 4.49. The molecule has 6 nitrogen and oxygen atoms in total. The Labute approximate surface area is 154 Å². The third-order valence-corrected chi connectivity index (χ3v) is 5.23. The van der Waals surface area contributed by atoms with Gasteiger partial charge in [-0.2, -0.15) is 0 Å². The Hall–Kier alpha value is -2.89. The Morgan fingerprint density at radius 3 is 2.31 bits per heavy atom. The first-order valence-corrected chi connectivity index (χ1v) is 9.02. The molecule has 0 N–H and O–H groups in total. The van der Waals surface area contributed by atoms with Gasteiger partial charge in [-0.05, 0) is 38.0 Å². The minimum absolute atomic E-state index is 0.863. The highest BCUT2D eigenvalue weighted by atomic mass is 15.3. The van der Waals surface area contributed by atoms with Crippen LogP contribution in [-0.4, -0.2) is 45.7 Å². The quantitative estimate of drug-likeness (QED) is 0.728. The average molecular weight is 348 g/mol. The lowest BCUT2D eigenvalue weighted by atomic mass is 10.1. The van der Waals surface area contributed by atoms with E-state index in [4.69, 9.17) is 0 Å². The van der Waals surface area contributed by atoms with E-state index in [2.05, 4.69) is 56.8 Å². The second-order valence-corrected chi connectivity index (χ2v) is 6.77. The van der Waals surface area contributed by atoms with Crippen LogP contribution in [0.4, 0.5) is 11.5 Å². The molecule has 26 heavy (non-hydrogen) atoms. The largest absolute Gasteiger partial charge is 0.368 e. The zero-order valence-corrected chi connectivity index (χ0v) is 15.6. The molecule has 134 valence electrons. The smallest absolute Gasteiger partial charge is 0.143 e. The zero-order chi connectivity index (χ0) is 18.1. The molecule has 3 aromatic rings. The van der Waals surface area contributed by atoms with Crippen LogP contribution in [0.3, 0.4) is 0 Å². The molecular weight excluding hydrogens is 324 g/mol. The number of hydrogen-bond acceptors (Lipinski definition) is 5. The summed E-state index contributed by atoms with van der Waals surface area (Å²) in [6, 6.07) is 8.59. The normalized spacial score (nSPS) is 14.7. The maximum Gasteiger partial charge on any atom is 0.143 e. The van der Waals surface area contributed by atoms with Crippen LogP contribution < -0.4 is 9.80 Å². The van der Waals surface area contributed by atoms with Crippen molar-refractivity contribution in [1.82, 2.24) is 19.5 Å². The second kappa shape index (κ2) is 6.78. The molecule has 1 fully saturated rings. The average Bonchev–Trinajstić information content (AvgIpc) is 3.10. The third-order valence-electron chi connectivity index (χ3n) is 5.23. The van der Waals surface area contributed by atoms with Gasteiger partial charge in [0.15, 0.2) is 0 Å². The SMILES string of the molecule is Cc1cccc(N2CCN(c3cc(-n4ccnc4C)ncn3)CC2)c1C. The van der Waals surface area contributed by atoms with E-state index in [1.54, 1.807) is 12.5 Å². The van der Waals surface area contributed by atoms with Crippen LogP contribution in [0.5, 0.6) is 0 Å². The first kappa shape index (κ1) is 16.6. The molecule has 0 aliphatic carbocycles. The number of piperazine rings is 1. The molecule has 1 aromatic carbocycles. The summed E-state index contributed by atoms with van der Waals surface area (Å²) in [4.78, 5) is 18.0. The monoisotopic (exact) mass is 348 g/mol. The molecular formula is C20H24N6. The van der Waals surface area contributed by atoms with E-state index >= 15 is 0 Å². The first-order chi connectivity index (χ1) is 12.6. The standard InChI is InChI=1S/C20H24N6/c1-15-5-4-6-18(16(15)2)24-9-11-25(12-10-24)19-13-20(23-14-22-19)26-8-7-21-17(26)3/h4-8,13-14H,9-12H2,1-3H3. The van der Waals surface area contributed by atoms with E-state index < -0.39 is 0 Å². The minimum Gasteiger partial charge on any atom is -0.368 e. The molecule has 1 aliphatic heterocycles. The van der Waals surface area contributed by atoms with Crippen molar-refractivity contribution in [2.45, 2.75) is 20.8 Å². The highest BCUT2D eigenvalue weighted by molar-refractivity contribution is 5.57. The number of nitrogens with zero attached hydrogens (tertiary/aromatic N) is 6. The highest BCUT2D eigenvalue weighted by Gasteiger charge is 2.20. The van der Waals surface area contributed by atoms with E-state index in [1.807, 2.05) is 23.8 Å². The summed E-state index contributed by atoms with van der Waals surface area (Å²) in [6.07, 6.45) is 5.36. The van der Waals surface area contributed by atoms with Crippen LogP contribution in [-0.2, 0) is 0 Å². The maximum atomic E-state index is 4.49. The summed E-state index contributed by atoms with van der Waals surface area (Å²) in [5.41, 5.74) is 4.07. The number of imidazole rings is 1. The molecule has 0 bridgehead atoms. The van der Waals surface area contributed by atoms with Crippen molar-refractivity contribution in [3.05, 3.63) is 59.9 Å². The summed E-state index contributed by atoms with van der Waals surface area (Å²) in [5.74, 6) is 2.76. The van der Waals surface area contributed by atoms with Crippen LogP contribution >= 0.6 is 0 Å². The second-order valence-electron chi connectivity index (χ2n) is 6.77. The number of anilines is 2. The van der Waals surface area contributed by atoms with Crippen molar-refractivity contribution in [3.63, 3.8) is 0 Å². The lowest BCUT2D eigenvalue weighted by molar-refractivity contribution is 0.645. The predicted molar refractivity (Wildman–Crippen MR) is 104 cm³/mol. The molecule has 3 heterocycles. The molecule has 0 unspecified atom stereocenters. The first-order valence-electron chi connectivity index (χ1n) is 9.02. The minimum atomic E-state index is 0.863. The van der Waals surface area contributed by atoms with Gasteiger partial charge in [-0.1, -0.05) is 12.1 Å². The Morgan fingerprint density at radius 1 is 0.846 bits per heavy atom. The number of rotatable bonds is 3. The van der Waals surface area contributed by atoms with Gasteiger partial charge < -0.3 is 9.80 Å². The van der Waals surface area contributed by atoms with Gasteiger partial charge >= 0.3 is 0 Å². The van der Waals surface area contributed by atoms with Crippen LogP contribution in [0.15, 0.2) is 43.0 Å². The number of hydrogen-bond donors (Lipinski definition) is 0. The van der Waals surface area contributed by atoms with E-state index in [0.717, 1.165) is 43.6 Å². The van der Waals surface area contributed by atoms with Crippen LogP contribution in [0, 0.1) is 20.8 Å². The molecule has 0 saturated carbocycles. The Morgan fingerprint density at radius 2 is 1.58 bits per heavy atom. The van der Waals surface area contributed by atoms with Crippen molar-refractivity contribution in [1.29, 1.82) is 0 Å².